The molecule has 0 aliphatic carbocycles. The van der Waals surface area contributed by atoms with Crippen LogP contribution >= 0.6 is 23.5 Å². The van der Waals surface area contributed by atoms with Gasteiger partial charge in [0.15, 0.2) is 0 Å². The lowest BCUT2D eigenvalue weighted by Crippen LogP contribution is -1.63. The molecule has 3 heteroatoms. The van der Waals surface area contributed by atoms with Gasteiger partial charge in [-0.3, -0.25) is 0 Å². The molecule has 0 saturated carbocycles. The molecule has 0 unspecified atom stereocenters. The number of hydrogen-bond acceptors (Lipinski definition) is 2. The van der Waals surface area contributed by atoms with Gasteiger partial charge in [0, 0.05) is 22.2 Å². The van der Waals surface area contributed by atoms with Crippen molar-refractivity contribution < 1.29 is 0 Å². The third kappa shape index (κ3) is 1.46. The summed E-state index contributed by atoms with van der Waals surface area (Å²) in [6, 6.07) is 0. The minimum absolute atomic E-state index is 1.34. The summed E-state index contributed by atoms with van der Waals surface area (Å²) in [6.07, 6.45) is 8.22. The number of aromatic nitrogens is 1. The molecule has 0 radical (unpaired) electrons. The summed E-state index contributed by atoms with van der Waals surface area (Å²) in [7, 11) is 0. The van der Waals surface area contributed by atoms with Gasteiger partial charge in [-0.1, -0.05) is 0 Å². The monoisotopic (exact) mass is 159 g/mol. The van der Waals surface area contributed by atoms with Crippen LogP contribution in [0.1, 0.15) is 0 Å². The van der Waals surface area contributed by atoms with Crippen LogP contribution in [-0.2, 0) is 0 Å². The van der Waals surface area contributed by atoms with E-state index in [-0.39, 0.29) is 0 Å². The Kier molecular flexibility index (Phi) is 2.54. The molecule has 1 aromatic rings. The molecule has 1 nitrogen and oxygen atoms in total. The number of hydrogen-bond donors (Lipinski definition) is 1. The summed E-state index contributed by atoms with van der Waals surface area (Å²) >= 11 is 3.55. The lowest BCUT2D eigenvalue weighted by Gasteiger charge is -1.91. The van der Waals surface area contributed by atoms with E-state index in [0.717, 1.165) is 0 Å². The molecule has 50 valence electrons. The van der Waals surface area contributed by atoms with Crippen LogP contribution in [0.3, 0.4) is 0 Å². The Morgan fingerprint density at radius 2 is 1.56 bits per heavy atom. The maximum Gasteiger partial charge on any atom is 0.0380 e. The zero-order valence-corrected chi connectivity index (χ0v) is 7.10. The Bertz CT molecular complexity index is 164. The van der Waals surface area contributed by atoms with E-state index >= 15 is 0 Å². The van der Waals surface area contributed by atoms with Crippen LogP contribution in [0.4, 0.5) is 0 Å². The van der Waals surface area contributed by atoms with E-state index in [2.05, 4.69) is 17.5 Å². The topological polar surface area (TPSA) is 15.8 Å². The van der Waals surface area contributed by atoms with Crippen LogP contribution < -0.4 is 0 Å². The van der Waals surface area contributed by atoms with Crippen molar-refractivity contribution in [2.45, 2.75) is 9.79 Å². The van der Waals surface area contributed by atoms with Gasteiger partial charge in [-0.15, -0.1) is 23.5 Å². The number of rotatable bonds is 2. The van der Waals surface area contributed by atoms with E-state index in [1.807, 2.05) is 12.4 Å². The van der Waals surface area contributed by atoms with Gasteiger partial charge in [0.2, 0.25) is 0 Å². The summed E-state index contributed by atoms with van der Waals surface area (Å²) in [6.45, 7) is 0. The van der Waals surface area contributed by atoms with E-state index in [4.69, 9.17) is 0 Å². The molecular formula is C6H9NS2. The van der Waals surface area contributed by atoms with Gasteiger partial charge >= 0.3 is 0 Å². The van der Waals surface area contributed by atoms with Crippen molar-refractivity contribution in [1.82, 2.24) is 4.98 Å². The van der Waals surface area contributed by atoms with Crippen LogP contribution in [-0.4, -0.2) is 17.5 Å². The lowest BCUT2D eigenvalue weighted by atomic mass is 10.7. The predicted molar refractivity (Wildman–Crippen MR) is 44.4 cm³/mol. The SMILES string of the molecule is CSc1c[nH]cc1SC. The van der Waals surface area contributed by atoms with Crippen molar-refractivity contribution in [2.24, 2.45) is 0 Å². The predicted octanol–water partition coefficient (Wildman–Crippen LogP) is 2.46. The maximum absolute atomic E-state index is 3.06. The van der Waals surface area contributed by atoms with Crippen LogP contribution in [0.15, 0.2) is 22.2 Å². The van der Waals surface area contributed by atoms with Gasteiger partial charge in [-0.25, -0.2) is 0 Å². The molecule has 0 fully saturated rings. The highest BCUT2D eigenvalue weighted by atomic mass is 32.2. The van der Waals surface area contributed by atoms with Crippen molar-refractivity contribution >= 4 is 23.5 Å². The van der Waals surface area contributed by atoms with E-state index in [9.17, 15) is 0 Å². The van der Waals surface area contributed by atoms with Gasteiger partial charge in [0.25, 0.3) is 0 Å². The van der Waals surface area contributed by atoms with Gasteiger partial charge in [-0.05, 0) is 12.5 Å². The Balaban J connectivity index is 2.85. The maximum atomic E-state index is 3.06. The molecule has 9 heavy (non-hydrogen) atoms. The Hall–Kier alpha value is -0.0200. The second-order valence-electron chi connectivity index (χ2n) is 1.59. The Morgan fingerprint density at radius 3 is 1.89 bits per heavy atom. The summed E-state index contributed by atoms with van der Waals surface area (Å²) in [5.74, 6) is 0. The zero-order valence-electron chi connectivity index (χ0n) is 5.47. The minimum atomic E-state index is 1.34. The highest BCUT2D eigenvalue weighted by molar-refractivity contribution is 8.01. The minimum Gasteiger partial charge on any atom is -0.366 e. The molecule has 1 rings (SSSR count). The molecule has 0 bridgehead atoms. The third-order valence-electron chi connectivity index (χ3n) is 1.11. The number of nitrogens with one attached hydrogen (secondary N) is 1. The van der Waals surface area contributed by atoms with Gasteiger partial charge in [0.05, 0.1) is 0 Å². The van der Waals surface area contributed by atoms with Crippen molar-refractivity contribution in [2.75, 3.05) is 12.5 Å². The largest absolute Gasteiger partial charge is 0.366 e. The summed E-state index contributed by atoms with van der Waals surface area (Å²) < 4.78 is 0. The lowest BCUT2D eigenvalue weighted by molar-refractivity contribution is 1.34. The Morgan fingerprint density at radius 1 is 1.11 bits per heavy atom. The molecule has 0 spiro atoms. The molecule has 0 aliphatic rings. The molecular weight excluding hydrogens is 150 g/mol. The summed E-state index contributed by atoms with van der Waals surface area (Å²) in [5, 5.41) is 0. The smallest absolute Gasteiger partial charge is 0.0380 e. The highest BCUT2D eigenvalue weighted by Gasteiger charge is 1.97. The zero-order chi connectivity index (χ0) is 6.69. The first-order valence-corrected chi connectivity index (χ1v) is 5.08. The molecule has 0 amide bonds. The van der Waals surface area contributed by atoms with Crippen LogP contribution in [0, 0.1) is 0 Å². The fraction of sp³-hybridized carbons (Fsp3) is 0.333. The molecule has 0 atom stereocenters. The standard InChI is InChI=1S/C6H9NS2/c1-8-5-3-7-4-6(5)9-2/h3-4,7H,1-2H3. The average Bonchev–Trinajstić information content (AvgIpc) is 2.33. The number of thioether (sulfide) groups is 2. The normalized spacial score (nSPS) is 10.0. The molecule has 0 aromatic carbocycles. The quantitative estimate of drug-likeness (QED) is 0.667. The second kappa shape index (κ2) is 3.22. The molecule has 0 aliphatic heterocycles. The van der Waals surface area contributed by atoms with Crippen LogP contribution in [0.25, 0.3) is 0 Å². The summed E-state index contributed by atoms with van der Waals surface area (Å²) in [4.78, 5) is 5.73. The van der Waals surface area contributed by atoms with E-state index in [0.29, 0.717) is 0 Å². The van der Waals surface area contributed by atoms with Gasteiger partial charge in [0.1, 0.15) is 0 Å². The van der Waals surface area contributed by atoms with E-state index < -0.39 is 0 Å². The second-order valence-corrected chi connectivity index (χ2v) is 3.29. The van der Waals surface area contributed by atoms with E-state index in [1.165, 1.54) is 9.79 Å². The van der Waals surface area contributed by atoms with Crippen molar-refractivity contribution in [3.8, 4) is 0 Å². The first kappa shape index (κ1) is 7.09. The molecule has 0 saturated heterocycles. The average molecular weight is 159 g/mol. The first-order valence-electron chi connectivity index (χ1n) is 2.63. The third-order valence-corrected chi connectivity index (χ3v) is 2.80. The van der Waals surface area contributed by atoms with Crippen molar-refractivity contribution in [3.63, 3.8) is 0 Å². The fourth-order valence-electron chi connectivity index (χ4n) is 0.654. The van der Waals surface area contributed by atoms with Gasteiger partial charge < -0.3 is 4.98 Å². The molecule has 1 aromatic heterocycles. The molecule has 1 heterocycles. The first-order chi connectivity index (χ1) is 4.38. The Labute approximate surface area is 63.6 Å². The van der Waals surface area contributed by atoms with Crippen molar-refractivity contribution in [3.05, 3.63) is 12.4 Å². The summed E-state index contributed by atoms with van der Waals surface area (Å²) in [5.41, 5.74) is 0. The van der Waals surface area contributed by atoms with E-state index in [1.54, 1.807) is 23.5 Å². The van der Waals surface area contributed by atoms with Crippen LogP contribution in [0.2, 0.25) is 0 Å². The number of H-pyrrole nitrogens is 1. The number of aromatic amines is 1. The molecule has 1 N–H and O–H groups in total. The fourth-order valence-corrected chi connectivity index (χ4v) is 2.05. The van der Waals surface area contributed by atoms with Crippen LogP contribution in [0.5, 0.6) is 0 Å². The highest BCUT2D eigenvalue weighted by Crippen LogP contribution is 2.26. The van der Waals surface area contributed by atoms with Crippen molar-refractivity contribution in [1.29, 1.82) is 0 Å². The van der Waals surface area contributed by atoms with Gasteiger partial charge in [-0.2, -0.15) is 0 Å².